The normalized spacial score (nSPS) is 12.8. The van der Waals surface area contributed by atoms with E-state index in [0.717, 1.165) is 49.3 Å². The molecule has 0 saturated heterocycles. The fourth-order valence-corrected chi connectivity index (χ4v) is 5.38. The van der Waals surface area contributed by atoms with Crippen LogP contribution in [0.1, 0.15) is 89.4 Å². The quantitative estimate of drug-likeness (QED) is 0.165. The Balaban J connectivity index is 1.80. The summed E-state index contributed by atoms with van der Waals surface area (Å²) in [6.07, 6.45) is 3.24. The van der Waals surface area contributed by atoms with E-state index in [2.05, 4.69) is 43.5 Å². The first-order chi connectivity index (χ1) is 20.1. The van der Waals surface area contributed by atoms with Crippen LogP contribution in [0.15, 0.2) is 60.7 Å². The summed E-state index contributed by atoms with van der Waals surface area (Å²) in [5.74, 6) is -1.99. The van der Waals surface area contributed by atoms with Crippen molar-refractivity contribution in [2.75, 3.05) is 6.54 Å². The van der Waals surface area contributed by atoms with Gasteiger partial charge < -0.3 is 15.7 Å². The number of aliphatic hydroxyl groups is 1. The summed E-state index contributed by atoms with van der Waals surface area (Å²) in [7, 11) is 0. The van der Waals surface area contributed by atoms with Crippen molar-refractivity contribution in [2.24, 2.45) is 5.92 Å². The largest absolute Gasteiger partial charge is 0.390 e. The van der Waals surface area contributed by atoms with E-state index in [4.69, 9.17) is 0 Å². The molecule has 0 aromatic heterocycles. The van der Waals surface area contributed by atoms with Crippen molar-refractivity contribution in [1.82, 2.24) is 10.6 Å². The van der Waals surface area contributed by atoms with E-state index in [1.165, 1.54) is 17.7 Å². The van der Waals surface area contributed by atoms with E-state index in [1.807, 2.05) is 19.1 Å². The van der Waals surface area contributed by atoms with E-state index in [9.17, 15) is 23.5 Å². The summed E-state index contributed by atoms with van der Waals surface area (Å²) in [5, 5.41) is 17.3. The first-order valence-corrected chi connectivity index (χ1v) is 15.0. The maximum absolute atomic E-state index is 14.0. The third-order valence-corrected chi connectivity index (χ3v) is 7.51. The van der Waals surface area contributed by atoms with Gasteiger partial charge in [0.1, 0.15) is 11.6 Å². The van der Waals surface area contributed by atoms with Gasteiger partial charge in [-0.15, -0.1) is 0 Å². The molecule has 0 heterocycles. The van der Waals surface area contributed by atoms with Crippen LogP contribution in [0, 0.1) is 24.5 Å². The van der Waals surface area contributed by atoms with Crippen LogP contribution in [-0.4, -0.2) is 35.5 Å². The van der Waals surface area contributed by atoms with Gasteiger partial charge in [-0.2, -0.15) is 0 Å². The Morgan fingerprint density at radius 2 is 1.48 bits per heavy atom. The van der Waals surface area contributed by atoms with E-state index in [0.29, 0.717) is 23.2 Å². The second-order valence-corrected chi connectivity index (χ2v) is 11.2. The summed E-state index contributed by atoms with van der Waals surface area (Å²) in [6.45, 7) is 8.69. The molecule has 226 valence electrons. The Labute approximate surface area is 248 Å². The highest BCUT2D eigenvalue weighted by Gasteiger charge is 2.25. The zero-order valence-corrected chi connectivity index (χ0v) is 25.2. The molecule has 0 fully saturated rings. The molecule has 3 aromatic carbocycles. The number of rotatable bonds is 16. The topological polar surface area (TPSA) is 78.4 Å². The maximum Gasteiger partial charge on any atom is 0.251 e. The molecule has 3 N–H and O–H groups in total. The lowest BCUT2D eigenvalue weighted by Gasteiger charge is -2.25. The Morgan fingerprint density at radius 1 is 0.833 bits per heavy atom. The Bertz CT molecular complexity index is 1320. The third-order valence-electron chi connectivity index (χ3n) is 7.51. The predicted molar refractivity (Wildman–Crippen MR) is 164 cm³/mol. The fourth-order valence-electron chi connectivity index (χ4n) is 5.38. The molecule has 0 spiro atoms. The smallest absolute Gasteiger partial charge is 0.251 e. The number of halogens is 2. The number of aryl methyl sites for hydroxylation is 2. The molecule has 1 amide bonds. The van der Waals surface area contributed by atoms with Gasteiger partial charge in [0.15, 0.2) is 5.78 Å². The molecule has 0 aliphatic carbocycles. The summed E-state index contributed by atoms with van der Waals surface area (Å²) in [6, 6.07) is 15.6. The summed E-state index contributed by atoms with van der Waals surface area (Å²) in [4.78, 5) is 26.8. The first kappa shape index (κ1) is 33.1. The van der Waals surface area contributed by atoms with Crippen molar-refractivity contribution < 1.29 is 23.5 Å². The van der Waals surface area contributed by atoms with Gasteiger partial charge in [0.25, 0.3) is 5.91 Å². The predicted octanol–water partition coefficient (Wildman–Crippen LogP) is 6.73. The van der Waals surface area contributed by atoms with E-state index >= 15 is 0 Å². The van der Waals surface area contributed by atoms with Gasteiger partial charge in [-0.1, -0.05) is 57.9 Å². The molecular formula is C35H44F2N2O3. The second-order valence-electron chi connectivity index (χ2n) is 11.2. The highest BCUT2D eigenvalue weighted by atomic mass is 19.1. The number of hydrogen-bond donors (Lipinski definition) is 3. The van der Waals surface area contributed by atoms with Gasteiger partial charge in [-0.3, -0.25) is 9.59 Å². The molecule has 0 bridgehead atoms. The zero-order valence-electron chi connectivity index (χ0n) is 25.2. The minimum atomic E-state index is -1.06. The molecule has 42 heavy (non-hydrogen) atoms. The highest BCUT2D eigenvalue weighted by Crippen LogP contribution is 2.22. The number of Topliss-reactive ketones (excluding diaryl/α,β-unsaturated/α-hetero) is 1. The highest BCUT2D eigenvalue weighted by molar-refractivity contribution is 6.02. The molecule has 5 nitrogen and oxygen atoms in total. The summed E-state index contributed by atoms with van der Waals surface area (Å²) in [5.41, 5.74) is 4.16. The Morgan fingerprint density at radius 3 is 2.12 bits per heavy atom. The van der Waals surface area contributed by atoms with Gasteiger partial charge in [-0.05, 0) is 85.2 Å². The lowest BCUT2D eigenvalue weighted by molar-refractivity contribution is 0.0829. The van der Waals surface area contributed by atoms with Gasteiger partial charge in [-0.25, -0.2) is 8.78 Å². The van der Waals surface area contributed by atoms with E-state index < -0.39 is 29.7 Å². The van der Waals surface area contributed by atoms with Crippen LogP contribution in [0.25, 0.3) is 0 Å². The van der Waals surface area contributed by atoms with Crippen molar-refractivity contribution in [3.05, 3.63) is 106 Å². The molecule has 7 heteroatoms. The number of amides is 1. The van der Waals surface area contributed by atoms with Crippen LogP contribution in [0.3, 0.4) is 0 Å². The van der Waals surface area contributed by atoms with Crippen molar-refractivity contribution in [3.63, 3.8) is 0 Å². The molecule has 3 rings (SSSR count). The number of benzene rings is 3. The molecule has 0 aliphatic rings. The van der Waals surface area contributed by atoms with Crippen LogP contribution in [0.4, 0.5) is 8.78 Å². The zero-order chi connectivity index (χ0) is 30.6. The molecule has 0 saturated carbocycles. The number of ketones is 1. The lowest BCUT2D eigenvalue weighted by atomic mass is 9.88. The van der Waals surface area contributed by atoms with Crippen molar-refractivity contribution >= 4 is 11.7 Å². The van der Waals surface area contributed by atoms with E-state index in [1.54, 1.807) is 18.2 Å². The standard InChI is InChI=1S/C35H44F2N2O3/c1-5-9-27(10-6-2)34(41)28-13-23(4)14-29(19-28)35(42)39-32(18-26-16-30(36)20-31(37)17-26)33(40)22-38-21-25-12-8-11-24(7-3)15-25/h8,11-17,19-20,27,32-33,38,40H,5-7,9-10,18,21-22H2,1-4H3,(H,39,42). The number of carbonyl (C=O) groups is 2. The molecular weight excluding hydrogens is 534 g/mol. The Kier molecular flexibility index (Phi) is 12.8. The van der Waals surface area contributed by atoms with Crippen LogP contribution in [0.5, 0.6) is 0 Å². The maximum atomic E-state index is 14.0. The van der Waals surface area contributed by atoms with Gasteiger partial charge >= 0.3 is 0 Å². The number of aliphatic hydroxyl groups excluding tert-OH is 1. The summed E-state index contributed by atoms with van der Waals surface area (Å²) >= 11 is 0. The van der Waals surface area contributed by atoms with Crippen LogP contribution in [0.2, 0.25) is 0 Å². The number of hydrogen-bond acceptors (Lipinski definition) is 4. The molecule has 2 unspecified atom stereocenters. The van der Waals surface area contributed by atoms with Crippen LogP contribution in [-0.2, 0) is 19.4 Å². The Hall–Kier alpha value is -3.42. The number of nitrogens with one attached hydrogen (secondary N) is 2. The average Bonchev–Trinajstić information content (AvgIpc) is 2.95. The lowest BCUT2D eigenvalue weighted by Crippen LogP contribution is -2.48. The third kappa shape index (κ3) is 9.85. The molecule has 0 radical (unpaired) electrons. The van der Waals surface area contributed by atoms with Crippen molar-refractivity contribution in [1.29, 1.82) is 0 Å². The minimum absolute atomic E-state index is 0.0151. The summed E-state index contributed by atoms with van der Waals surface area (Å²) < 4.78 is 27.9. The van der Waals surface area contributed by atoms with Crippen molar-refractivity contribution in [2.45, 2.75) is 84.9 Å². The average molecular weight is 579 g/mol. The van der Waals surface area contributed by atoms with Crippen LogP contribution < -0.4 is 10.6 Å². The monoisotopic (exact) mass is 578 g/mol. The van der Waals surface area contributed by atoms with Crippen molar-refractivity contribution in [3.8, 4) is 0 Å². The fraction of sp³-hybridized carbons (Fsp3) is 0.429. The minimum Gasteiger partial charge on any atom is -0.390 e. The second kappa shape index (κ2) is 16.3. The molecule has 3 aromatic rings. The van der Waals surface area contributed by atoms with E-state index in [-0.39, 0.29) is 24.7 Å². The SMILES string of the molecule is CCCC(CCC)C(=O)c1cc(C)cc(C(=O)NC(Cc2cc(F)cc(F)c2)C(O)CNCc2cccc(CC)c2)c1. The molecule has 2 atom stereocenters. The van der Waals surface area contributed by atoms with Gasteiger partial charge in [0.05, 0.1) is 12.1 Å². The van der Waals surface area contributed by atoms with Crippen LogP contribution >= 0.6 is 0 Å². The first-order valence-electron chi connectivity index (χ1n) is 15.0. The number of carbonyl (C=O) groups excluding carboxylic acids is 2. The van der Waals surface area contributed by atoms with Gasteiger partial charge in [0, 0.05) is 36.2 Å². The molecule has 0 aliphatic heterocycles. The van der Waals surface area contributed by atoms with Gasteiger partial charge in [0.2, 0.25) is 0 Å².